The van der Waals surface area contributed by atoms with Crippen LogP contribution in [0.4, 0.5) is 0 Å². The molecule has 1 aliphatic rings. The van der Waals surface area contributed by atoms with Gasteiger partial charge in [0.15, 0.2) is 5.76 Å². The Labute approximate surface area is 146 Å². The van der Waals surface area contributed by atoms with E-state index in [0.29, 0.717) is 13.0 Å². The fraction of sp³-hybridized carbons (Fsp3) is 0.500. The number of rotatable bonds is 8. The van der Waals surface area contributed by atoms with E-state index >= 15 is 0 Å². The zero-order chi connectivity index (χ0) is 17.4. The van der Waals surface area contributed by atoms with E-state index in [-0.39, 0.29) is 36.7 Å². The van der Waals surface area contributed by atoms with Gasteiger partial charge in [-0.15, -0.1) is 6.42 Å². The Morgan fingerprint density at radius 1 is 1.58 bits per heavy atom. The lowest BCUT2D eigenvalue weighted by Crippen LogP contribution is -2.39. The molecule has 1 aliphatic heterocycles. The number of aliphatic hydroxyl groups excluding tert-OH is 1. The SMILES string of the molecule is C#CCNC(=O)C1=C[C@@H](c2ccsc2)[C@H](CCCO)[C@@H](OCC)O1. The van der Waals surface area contributed by atoms with Crippen molar-refractivity contribution in [2.75, 3.05) is 19.8 Å². The van der Waals surface area contributed by atoms with Crippen LogP contribution in [0.2, 0.25) is 0 Å². The Balaban J connectivity index is 2.30. The van der Waals surface area contributed by atoms with Crippen LogP contribution in [0.3, 0.4) is 0 Å². The molecule has 0 radical (unpaired) electrons. The van der Waals surface area contributed by atoms with Crippen molar-refractivity contribution < 1.29 is 19.4 Å². The molecule has 1 aromatic heterocycles. The van der Waals surface area contributed by atoms with E-state index < -0.39 is 6.29 Å². The molecular formula is C18H23NO4S. The average molecular weight is 349 g/mol. The van der Waals surface area contributed by atoms with E-state index in [2.05, 4.69) is 16.6 Å². The summed E-state index contributed by atoms with van der Waals surface area (Å²) in [6.45, 7) is 2.64. The molecule has 2 N–H and O–H groups in total. The van der Waals surface area contributed by atoms with Crippen LogP contribution in [0.5, 0.6) is 0 Å². The van der Waals surface area contributed by atoms with Gasteiger partial charge in [0.1, 0.15) is 0 Å². The lowest BCUT2D eigenvalue weighted by atomic mass is 9.81. The van der Waals surface area contributed by atoms with Crippen molar-refractivity contribution in [1.82, 2.24) is 5.32 Å². The first-order valence-electron chi connectivity index (χ1n) is 8.06. The van der Waals surface area contributed by atoms with Crippen molar-refractivity contribution >= 4 is 17.2 Å². The number of ether oxygens (including phenoxy) is 2. The van der Waals surface area contributed by atoms with Gasteiger partial charge in [-0.2, -0.15) is 11.3 Å². The Morgan fingerprint density at radius 2 is 2.42 bits per heavy atom. The third-order valence-corrected chi connectivity index (χ3v) is 4.62. The van der Waals surface area contributed by atoms with E-state index in [1.165, 1.54) is 0 Å². The molecule has 1 amide bonds. The van der Waals surface area contributed by atoms with Gasteiger partial charge in [-0.1, -0.05) is 5.92 Å². The van der Waals surface area contributed by atoms with E-state index in [1.54, 1.807) is 11.3 Å². The molecule has 0 fully saturated rings. The van der Waals surface area contributed by atoms with Gasteiger partial charge < -0.3 is 19.9 Å². The number of terminal acetylenes is 1. The lowest BCUT2D eigenvalue weighted by molar-refractivity contribution is -0.166. The molecule has 24 heavy (non-hydrogen) atoms. The molecule has 1 aromatic rings. The van der Waals surface area contributed by atoms with Crippen LogP contribution in [0.25, 0.3) is 0 Å². The maximum Gasteiger partial charge on any atom is 0.286 e. The molecule has 0 spiro atoms. The minimum absolute atomic E-state index is 0.000291. The second-order valence-electron chi connectivity index (χ2n) is 5.47. The maximum absolute atomic E-state index is 12.2. The smallest absolute Gasteiger partial charge is 0.286 e. The first-order chi connectivity index (χ1) is 11.7. The highest BCUT2D eigenvalue weighted by atomic mass is 32.1. The number of carbonyl (C=O) groups excluding carboxylic acids is 1. The molecule has 0 saturated heterocycles. The Hall–Kier alpha value is -1.81. The highest BCUT2D eigenvalue weighted by molar-refractivity contribution is 7.08. The standard InChI is InChI=1S/C18H23NO4S/c1-3-8-19-17(21)16-11-15(13-7-10-24-12-13)14(6-5-9-20)18(23-16)22-4-2/h1,7,10-12,14-15,18,20H,4-6,8-9H2,2H3,(H,19,21)/t14-,15-,18-/m0/s1. The molecule has 6 heteroatoms. The Morgan fingerprint density at radius 3 is 3.04 bits per heavy atom. The van der Waals surface area contributed by atoms with Crippen LogP contribution in [0.1, 0.15) is 31.2 Å². The molecule has 0 unspecified atom stereocenters. The van der Waals surface area contributed by atoms with Crippen LogP contribution in [0.15, 0.2) is 28.7 Å². The van der Waals surface area contributed by atoms with Gasteiger partial charge in [0.2, 0.25) is 6.29 Å². The van der Waals surface area contributed by atoms with Gasteiger partial charge in [0.25, 0.3) is 5.91 Å². The second kappa shape index (κ2) is 9.48. The molecule has 0 saturated carbocycles. The molecular weight excluding hydrogens is 326 g/mol. The summed E-state index contributed by atoms with van der Waals surface area (Å²) in [4.78, 5) is 12.2. The van der Waals surface area contributed by atoms with Gasteiger partial charge in [-0.05, 0) is 48.2 Å². The highest BCUT2D eigenvalue weighted by Crippen LogP contribution is 2.39. The van der Waals surface area contributed by atoms with Crippen LogP contribution >= 0.6 is 11.3 Å². The minimum atomic E-state index is -0.525. The third-order valence-electron chi connectivity index (χ3n) is 3.91. The zero-order valence-corrected chi connectivity index (χ0v) is 14.6. The second-order valence-corrected chi connectivity index (χ2v) is 6.25. The minimum Gasteiger partial charge on any atom is -0.459 e. The summed E-state index contributed by atoms with van der Waals surface area (Å²) in [5.74, 6) is 2.32. The van der Waals surface area contributed by atoms with Crippen LogP contribution in [0, 0.1) is 18.3 Å². The van der Waals surface area contributed by atoms with Crippen LogP contribution in [-0.2, 0) is 14.3 Å². The summed E-state index contributed by atoms with van der Waals surface area (Å²) >= 11 is 1.61. The Kier molecular flexibility index (Phi) is 7.32. The van der Waals surface area contributed by atoms with Crippen molar-refractivity contribution in [2.24, 2.45) is 5.92 Å². The molecule has 0 aromatic carbocycles. The maximum atomic E-state index is 12.2. The highest BCUT2D eigenvalue weighted by Gasteiger charge is 2.37. The van der Waals surface area contributed by atoms with Crippen molar-refractivity contribution in [3.05, 3.63) is 34.2 Å². The van der Waals surface area contributed by atoms with Gasteiger partial charge in [-0.3, -0.25) is 4.79 Å². The topological polar surface area (TPSA) is 67.8 Å². The summed E-state index contributed by atoms with van der Waals surface area (Å²) in [6.07, 6.45) is 7.91. The number of aliphatic hydroxyl groups is 1. The van der Waals surface area contributed by atoms with Crippen LogP contribution in [-0.4, -0.2) is 37.1 Å². The summed E-state index contributed by atoms with van der Waals surface area (Å²) in [5, 5.41) is 15.9. The van der Waals surface area contributed by atoms with Gasteiger partial charge in [-0.25, -0.2) is 0 Å². The van der Waals surface area contributed by atoms with E-state index in [9.17, 15) is 9.90 Å². The zero-order valence-electron chi connectivity index (χ0n) is 13.7. The number of hydrogen-bond donors (Lipinski definition) is 2. The molecule has 3 atom stereocenters. The van der Waals surface area contributed by atoms with Crippen molar-refractivity contribution in [1.29, 1.82) is 0 Å². The number of amides is 1. The third kappa shape index (κ3) is 4.60. The van der Waals surface area contributed by atoms with Gasteiger partial charge in [0.05, 0.1) is 6.54 Å². The largest absolute Gasteiger partial charge is 0.459 e. The van der Waals surface area contributed by atoms with E-state index in [0.717, 1.165) is 12.0 Å². The summed E-state index contributed by atoms with van der Waals surface area (Å²) < 4.78 is 11.5. The average Bonchev–Trinajstić information content (AvgIpc) is 3.12. The normalized spacial score (nSPS) is 23.0. The summed E-state index contributed by atoms with van der Waals surface area (Å²) in [6, 6.07) is 2.04. The predicted octanol–water partition coefficient (Wildman–Crippen LogP) is 2.25. The molecule has 5 nitrogen and oxygen atoms in total. The number of hydrogen-bond acceptors (Lipinski definition) is 5. The lowest BCUT2D eigenvalue weighted by Gasteiger charge is -2.36. The molecule has 2 heterocycles. The molecule has 0 bridgehead atoms. The summed E-state index contributed by atoms with van der Waals surface area (Å²) in [7, 11) is 0. The quantitative estimate of drug-likeness (QED) is 0.707. The summed E-state index contributed by atoms with van der Waals surface area (Å²) in [5.41, 5.74) is 1.12. The monoisotopic (exact) mass is 349 g/mol. The number of nitrogens with one attached hydrogen (secondary N) is 1. The number of thiophene rings is 1. The number of allylic oxidation sites excluding steroid dienone is 1. The molecule has 2 rings (SSSR count). The van der Waals surface area contributed by atoms with E-state index in [1.807, 2.05) is 24.4 Å². The van der Waals surface area contributed by atoms with Crippen LogP contribution < -0.4 is 5.32 Å². The first kappa shape index (κ1) is 18.5. The first-order valence-corrected chi connectivity index (χ1v) is 9.00. The predicted molar refractivity (Wildman–Crippen MR) is 93.3 cm³/mol. The van der Waals surface area contributed by atoms with Crippen molar-refractivity contribution in [3.63, 3.8) is 0 Å². The molecule has 130 valence electrons. The van der Waals surface area contributed by atoms with E-state index in [4.69, 9.17) is 15.9 Å². The van der Waals surface area contributed by atoms with Gasteiger partial charge >= 0.3 is 0 Å². The fourth-order valence-electron chi connectivity index (χ4n) is 2.83. The van der Waals surface area contributed by atoms with Gasteiger partial charge in [0, 0.05) is 25.0 Å². The Bertz CT molecular complexity index is 591. The fourth-order valence-corrected chi connectivity index (χ4v) is 3.54. The van der Waals surface area contributed by atoms with Crippen molar-refractivity contribution in [3.8, 4) is 12.3 Å². The van der Waals surface area contributed by atoms with Crippen molar-refractivity contribution in [2.45, 2.75) is 32.0 Å². The molecule has 0 aliphatic carbocycles. The number of carbonyl (C=O) groups is 1.